The number of aryl methyl sites for hydroxylation is 1. The van der Waals surface area contributed by atoms with E-state index >= 15 is 0 Å². The van der Waals surface area contributed by atoms with E-state index in [1.807, 2.05) is 29.8 Å². The third-order valence-corrected chi connectivity index (χ3v) is 4.60. The zero-order chi connectivity index (χ0) is 12.7. The van der Waals surface area contributed by atoms with Gasteiger partial charge in [0.1, 0.15) is 11.6 Å². The summed E-state index contributed by atoms with van der Waals surface area (Å²) in [5.74, 6) is 1.69. The maximum absolute atomic E-state index is 6.14. The van der Waals surface area contributed by atoms with Crippen molar-refractivity contribution in [3.8, 4) is 5.75 Å². The molecule has 0 saturated heterocycles. The summed E-state index contributed by atoms with van der Waals surface area (Å²) in [6.07, 6.45) is 0.901. The summed E-state index contributed by atoms with van der Waals surface area (Å²) in [6, 6.07) is 8.28. The normalized spacial score (nSPS) is 18.2. The minimum atomic E-state index is 0.178. The minimum absolute atomic E-state index is 0.178. The van der Waals surface area contributed by atoms with Gasteiger partial charge in [0.05, 0.1) is 21.9 Å². The van der Waals surface area contributed by atoms with Gasteiger partial charge in [-0.1, -0.05) is 18.2 Å². The van der Waals surface area contributed by atoms with E-state index in [1.165, 1.54) is 0 Å². The van der Waals surface area contributed by atoms with E-state index in [0.29, 0.717) is 6.61 Å². The molecule has 1 atom stereocenters. The zero-order valence-corrected chi connectivity index (χ0v) is 12.2. The number of fused-ring (bicyclic) bond motifs is 1. The number of benzene rings is 1. The van der Waals surface area contributed by atoms with Crippen molar-refractivity contribution in [3.63, 3.8) is 0 Å². The van der Waals surface area contributed by atoms with Crippen LogP contribution >= 0.6 is 22.6 Å². The Labute approximate surface area is 119 Å². The summed E-state index contributed by atoms with van der Waals surface area (Å²) in [5, 5.41) is 4.56. The highest BCUT2D eigenvalue weighted by molar-refractivity contribution is 14.1. The minimum Gasteiger partial charge on any atom is -0.493 e. The molecule has 2 aromatic rings. The van der Waals surface area contributed by atoms with Gasteiger partial charge in [0.25, 0.3) is 0 Å². The fraction of sp³-hybridized carbons (Fsp3) is 0.308. The van der Waals surface area contributed by atoms with Crippen molar-refractivity contribution in [1.29, 1.82) is 0 Å². The largest absolute Gasteiger partial charge is 0.493 e. The van der Waals surface area contributed by atoms with Crippen LogP contribution in [0.4, 0.5) is 5.82 Å². The van der Waals surface area contributed by atoms with E-state index in [1.54, 1.807) is 0 Å². The maximum Gasteiger partial charge on any atom is 0.136 e. The van der Waals surface area contributed by atoms with Crippen LogP contribution in [-0.4, -0.2) is 16.4 Å². The second-order valence-corrected chi connectivity index (χ2v) is 5.50. The lowest BCUT2D eigenvalue weighted by Crippen LogP contribution is -2.22. The number of ether oxygens (including phenoxy) is 1. The van der Waals surface area contributed by atoms with Crippen LogP contribution in [0, 0.1) is 10.5 Å². The van der Waals surface area contributed by atoms with E-state index in [4.69, 9.17) is 10.5 Å². The lowest BCUT2D eigenvalue weighted by Gasteiger charge is -2.26. The first-order chi connectivity index (χ1) is 8.68. The molecule has 0 bridgehead atoms. The fourth-order valence-electron chi connectivity index (χ4n) is 2.36. The standard InChI is InChI=1S/C13H14IN3O/c1-8-12(14)13(15)17(16-8)10-6-7-18-11-5-3-2-4-9(10)11/h2-5,10H,6-7,15H2,1H3. The maximum atomic E-state index is 6.14. The Morgan fingerprint density at radius 2 is 2.22 bits per heavy atom. The van der Waals surface area contributed by atoms with Gasteiger partial charge in [-0.15, -0.1) is 0 Å². The third-order valence-electron chi connectivity index (χ3n) is 3.27. The van der Waals surface area contributed by atoms with Crippen molar-refractivity contribution in [2.75, 3.05) is 12.3 Å². The number of rotatable bonds is 1. The first-order valence-corrected chi connectivity index (χ1v) is 6.98. The Bertz CT molecular complexity index is 594. The van der Waals surface area contributed by atoms with Crippen LogP contribution in [0.2, 0.25) is 0 Å². The van der Waals surface area contributed by atoms with Crippen LogP contribution in [0.15, 0.2) is 24.3 Å². The lowest BCUT2D eigenvalue weighted by atomic mass is 10.0. The topological polar surface area (TPSA) is 53.1 Å². The first-order valence-electron chi connectivity index (χ1n) is 5.90. The molecule has 4 nitrogen and oxygen atoms in total. The molecule has 1 aromatic carbocycles. The van der Waals surface area contributed by atoms with Crippen LogP contribution in [0.5, 0.6) is 5.75 Å². The summed E-state index contributed by atoms with van der Waals surface area (Å²) in [5.41, 5.74) is 8.29. The molecule has 1 aromatic heterocycles. The van der Waals surface area contributed by atoms with Gasteiger partial charge < -0.3 is 10.5 Å². The van der Waals surface area contributed by atoms with Crippen molar-refractivity contribution in [3.05, 3.63) is 39.1 Å². The van der Waals surface area contributed by atoms with Crippen LogP contribution in [-0.2, 0) is 0 Å². The fourth-order valence-corrected chi connectivity index (χ4v) is 2.72. The number of nitrogen functional groups attached to an aromatic ring is 1. The Kier molecular flexibility index (Phi) is 2.93. The van der Waals surface area contributed by atoms with Crippen LogP contribution in [0.25, 0.3) is 0 Å². The van der Waals surface area contributed by atoms with Crippen molar-refractivity contribution >= 4 is 28.4 Å². The molecule has 0 radical (unpaired) electrons. The smallest absolute Gasteiger partial charge is 0.136 e. The molecule has 0 spiro atoms. The zero-order valence-electron chi connectivity index (χ0n) is 10.1. The molecule has 2 N–H and O–H groups in total. The number of nitrogens with two attached hydrogens (primary N) is 1. The summed E-state index contributed by atoms with van der Waals surface area (Å²) in [7, 11) is 0. The Morgan fingerprint density at radius 1 is 1.44 bits per heavy atom. The van der Waals surface area contributed by atoms with Crippen LogP contribution in [0.1, 0.15) is 23.7 Å². The number of halogens is 1. The van der Waals surface area contributed by atoms with Gasteiger partial charge in [-0.25, -0.2) is 4.68 Å². The van der Waals surface area contributed by atoms with Crippen molar-refractivity contribution in [2.24, 2.45) is 0 Å². The first kappa shape index (κ1) is 11.8. The average Bonchev–Trinajstić information content (AvgIpc) is 2.66. The highest BCUT2D eigenvalue weighted by Crippen LogP contribution is 2.36. The second-order valence-electron chi connectivity index (χ2n) is 4.42. The van der Waals surface area contributed by atoms with E-state index < -0.39 is 0 Å². The number of hydrogen-bond donors (Lipinski definition) is 1. The number of hydrogen-bond acceptors (Lipinski definition) is 3. The van der Waals surface area contributed by atoms with Gasteiger partial charge in [-0.05, 0) is 35.6 Å². The Hall–Kier alpha value is -1.24. The van der Waals surface area contributed by atoms with E-state index in [0.717, 1.165) is 32.8 Å². The lowest BCUT2D eigenvalue weighted by molar-refractivity contribution is 0.251. The molecule has 18 heavy (non-hydrogen) atoms. The highest BCUT2D eigenvalue weighted by Gasteiger charge is 2.26. The monoisotopic (exact) mass is 355 g/mol. The Balaban J connectivity index is 2.11. The molecule has 0 amide bonds. The molecule has 1 aliphatic rings. The molecular formula is C13H14IN3O. The predicted octanol–water partition coefficient (Wildman–Crippen LogP) is 2.75. The SMILES string of the molecule is Cc1nn(C2CCOc3ccccc32)c(N)c1I. The quantitative estimate of drug-likeness (QED) is 0.801. The van der Waals surface area contributed by atoms with Crippen molar-refractivity contribution in [1.82, 2.24) is 9.78 Å². The summed E-state index contributed by atoms with van der Waals surface area (Å²) >= 11 is 2.25. The van der Waals surface area contributed by atoms with Gasteiger partial charge in [0.2, 0.25) is 0 Å². The Morgan fingerprint density at radius 3 is 2.94 bits per heavy atom. The van der Waals surface area contributed by atoms with E-state index in [-0.39, 0.29) is 6.04 Å². The number of anilines is 1. The molecule has 5 heteroatoms. The third kappa shape index (κ3) is 1.77. The number of nitrogens with zero attached hydrogens (tertiary/aromatic N) is 2. The van der Waals surface area contributed by atoms with Crippen molar-refractivity contribution in [2.45, 2.75) is 19.4 Å². The van der Waals surface area contributed by atoms with Gasteiger partial charge in [0, 0.05) is 12.0 Å². The summed E-state index contributed by atoms with van der Waals surface area (Å²) < 4.78 is 8.64. The molecule has 0 aliphatic carbocycles. The molecule has 94 valence electrons. The van der Waals surface area contributed by atoms with Gasteiger partial charge in [-0.2, -0.15) is 5.10 Å². The number of aromatic nitrogens is 2. The summed E-state index contributed by atoms with van der Waals surface area (Å²) in [6.45, 7) is 2.69. The van der Waals surface area contributed by atoms with E-state index in [9.17, 15) is 0 Å². The van der Waals surface area contributed by atoms with Crippen LogP contribution < -0.4 is 10.5 Å². The molecule has 0 saturated carbocycles. The molecule has 2 heterocycles. The van der Waals surface area contributed by atoms with Gasteiger partial charge >= 0.3 is 0 Å². The van der Waals surface area contributed by atoms with Gasteiger partial charge in [0.15, 0.2) is 0 Å². The number of para-hydroxylation sites is 1. The average molecular weight is 355 g/mol. The second kappa shape index (κ2) is 4.46. The molecule has 0 fully saturated rings. The molecule has 3 rings (SSSR count). The van der Waals surface area contributed by atoms with Crippen LogP contribution in [0.3, 0.4) is 0 Å². The van der Waals surface area contributed by atoms with Crippen molar-refractivity contribution < 1.29 is 4.74 Å². The predicted molar refractivity (Wildman–Crippen MR) is 78.8 cm³/mol. The highest BCUT2D eigenvalue weighted by atomic mass is 127. The molecular weight excluding hydrogens is 341 g/mol. The van der Waals surface area contributed by atoms with E-state index in [2.05, 4.69) is 33.8 Å². The summed E-state index contributed by atoms with van der Waals surface area (Å²) in [4.78, 5) is 0. The molecule has 1 aliphatic heterocycles. The molecule has 1 unspecified atom stereocenters. The van der Waals surface area contributed by atoms with Gasteiger partial charge in [-0.3, -0.25) is 0 Å².